The summed E-state index contributed by atoms with van der Waals surface area (Å²) in [5.74, 6) is 1.79. The van der Waals surface area contributed by atoms with Crippen LogP contribution in [-0.4, -0.2) is 19.5 Å². The lowest BCUT2D eigenvalue weighted by Crippen LogP contribution is -2.07. The van der Waals surface area contributed by atoms with E-state index in [4.69, 9.17) is 8.85 Å². The summed E-state index contributed by atoms with van der Waals surface area (Å²) in [5.41, 5.74) is 0.576. The summed E-state index contributed by atoms with van der Waals surface area (Å²) in [6, 6.07) is 12.3. The van der Waals surface area contributed by atoms with Gasteiger partial charge in [0.25, 0.3) is 0 Å². The Balaban J connectivity index is 2.11. The zero-order valence-electron chi connectivity index (χ0n) is 14.0. The highest BCUT2D eigenvalue weighted by molar-refractivity contribution is 6.33. The van der Waals surface area contributed by atoms with E-state index in [0.717, 1.165) is 16.9 Å². The largest absolute Gasteiger partial charge is 0.548 e. The maximum absolute atomic E-state index is 5.97. The van der Waals surface area contributed by atoms with Crippen LogP contribution >= 0.6 is 0 Å². The Bertz CT molecular complexity index is 665. The zero-order valence-corrected chi connectivity index (χ0v) is 16.8. The second-order valence-corrected chi connectivity index (χ2v) is 8.69. The summed E-state index contributed by atoms with van der Waals surface area (Å²) >= 11 is 0. The lowest BCUT2D eigenvalue weighted by Gasteiger charge is -2.12. The molecule has 0 saturated heterocycles. The molecule has 4 heteroatoms. The number of fused-ring (bicyclic) bond motifs is 1. The second kappa shape index (κ2) is 9.10. The predicted molar refractivity (Wildman–Crippen MR) is 111 cm³/mol. The minimum absolute atomic E-state index is 0.288. The number of rotatable bonds is 10. The van der Waals surface area contributed by atoms with Crippen LogP contribution in [0.2, 0.25) is 11.1 Å². The van der Waals surface area contributed by atoms with Crippen LogP contribution in [0.15, 0.2) is 87.0 Å². The molecule has 0 atom stereocenters. The van der Waals surface area contributed by atoms with Gasteiger partial charge in [0, 0.05) is 11.1 Å². The number of hydrogen-bond acceptors (Lipinski definition) is 2. The van der Waals surface area contributed by atoms with Crippen LogP contribution in [0.5, 0.6) is 11.5 Å². The van der Waals surface area contributed by atoms with Gasteiger partial charge >= 0.3 is 0 Å². The van der Waals surface area contributed by atoms with Gasteiger partial charge < -0.3 is 8.85 Å². The van der Waals surface area contributed by atoms with Crippen LogP contribution in [-0.2, 0) is 0 Å². The number of hydrogen-bond donors (Lipinski definition) is 0. The van der Waals surface area contributed by atoms with Crippen molar-refractivity contribution in [1.29, 1.82) is 0 Å². The average molecular weight is 353 g/mol. The van der Waals surface area contributed by atoms with Crippen molar-refractivity contribution >= 4 is 30.3 Å². The van der Waals surface area contributed by atoms with Gasteiger partial charge in [0.15, 0.2) is 0 Å². The molecule has 0 fully saturated rings. The molecule has 2 aromatic rings. The van der Waals surface area contributed by atoms with Gasteiger partial charge in [-0.25, -0.2) is 0 Å². The second-order valence-electron chi connectivity index (χ2n) is 5.56. The minimum Gasteiger partial charge on any atom is -0.548 e. The highest BCUT2D eigenvalue weighted by Gasteiger charge is 2.05. The fourth-order valence-corrected chi connectivity index (χ4v) is 3.91. The van der Waals surface area contributed by atoms with Crippen LogP contribution in [0.3, 0.4) is 0 Å². The van der Waals surface area contributed by atoms with Gasteiger partial charge in [-0.3, -0.25) is 0 Å². The van der Waals surface area contributed by atoms with Crippen LogP contribution in [0.1, 0.15) is 0 Å². The van der Waals surface area contributed by atoms with E-state index < -0.39 is 19.5 Å². The normalized spacial score (nSPS) is 11.6. The molecule has 0 saturated carbocycles. The van der Waals surface area contributed by atoms with E-state index in [1.54, 1.807) is 0 Å². The molecule has 2 rings (SSSR count). The minimum atomic E-state index is -0.758. The molecule has 2 aromatic carbocycles. The maximum Gasteiger partial charge on any atom is 0.230 e. The summed E-state index contributed by atoms with van der Waals surface area (Å²) in [6.45, 7) is 15.2. The molecule has 0 unspecified atom stereocenters. The fourth-order valence-electron chi connectivity index (χ4n) is 2.23. The van der Waals surface area contributed by atoms with Crippen molar-refractivity contribution in [2.45, 2.75) is 11.1 Å². The smallest absolute Gasteiger partial charge is 0.230 e. The Morgan fingerprint density at radius 2 is 1.08 bits per heavy atom. The highest BCUT2D eigenvalue weighted by atomic mass is 28.2. The first kappa shape index (κ1) is 18.0. The van der Waals surface area contributed by atoms with E-state index in [2.05, 4.69) is 50.6 Å². The molecule has 0 aromatic heterocycles. The van der Waals surface area contributed by atoms with Crippen molar-refractivity contribution in [3.05, 3.63) is 87.0 Å². The van der Waals surface area contributed by atoms with E-state index in [9.17, 15) is 0 Å². The van der Waals surface area contributed by atoms with E-state index >= 15 is 0 Å². The molecule has 24 heavy (non-hydrogen) atoms. The van der Waals surface area contributed by atoms with E-state index in [1.807, 2.05) is 36.4 Å². The lowest BCUT2D eigenvalue weighted by atomic mass is 10.1. The van der Waals surface area contributed by atoms with Gasteiger partial charge in [-0.2, -0.15) is 0 Å². The molecule has 0 spiro atoms. The van der Waals surface area contributed by atoms with Crippen molar-refractivity contribution in [3.8, 4) is 11.5 Å². The van der Waals surface area contributed by atoms with E-state index in [-0.39, 0.29) is 11.1 Å². The van der Waals surface area contributed by atoms with Crippen molar-refractivity contribution in [3.63, 3.8) is 0 Å². The third kappa shape index (κ3) is 4.84. The molecule has 0 aliphatic heterocycles. The average Bonchev–Trinajstić information content (AvgIpc) is 2.63. The Kier molecular flexibility index (Phi) is 6.84. The first-order valence-corrected chi connectivity index (χ1v) is 10.8. The van der Waals surface area contributed by atoms with Crippen molar-refractivity contribution in [2.75, 3.05) is 0 Å². The lowest BCUT2D eigenvalue weighted by molar-refractivity contribution is 0.589. The monoisotopic (exact) mass is 352 g/mol. The molecule has 0 bridgehead atoms. The first-order chi connectivity index (χ1) is 11.7. The van der Waals surface area contributed by atoms with E-state index in [0.29, 0.717) is 0 Å². The summed E-state index contributed by atoms with van der Waals surface area (Å²) in [7, 11) is -1.52. The standard InChI is InChI=1S/C20H24O2Si2/c1-5-19(6-2)23-21-17-11-9-15-10-12-18(14-16(15)13-17)22-24-20(7-3)8-4/h5-14,19-20H,1-4,23-24H2. The number of allylic oxidation sites excluding steroid dienone is 4. The zero-order chi connectivity index (χ0) is 17.4. The molecule has 0 radical (unpaired) electrons. The summed E-state index contributed by atoms with van der Waals surface area (Å²) < 4.78 is 11.9. The van der Waals surface area contributed by atoms with Crippen LogP contribution in [0, 0.1) is 0 Å². The maximum atomic E-state index is 5.97. The Labute approximate surface area is 149 Å². The van der Waals surface area contributed by atoms with Gasteiger partial charge in [0.05, 0.1) is 0 Å². The van der Waals surface area contributed by atoms with Gasteiger partial charge in [-0.05, 0) is 35.0 Å². The third-order valence-corrected chi connectivity index (χ3v) is 6.98. The Hall–Kier alpha value is -2.31. The number of benzene rings is 2. The topological polar surface area (TPSA) is 18.5 Å². The van der Waals surface area contributed by atoms with Gasteiger partial charge in [0.1, 0.15) is 11.5 Å². The predicted octanol–water partition coefficient (Wildman–Crippen LogP) is 4.09. The summed E-state index contributed by atoms with van der Waals surface area (Å²) in [5, 5.41) is 2.29. The molecule has 2 nitrogen and oxygen atoms in total. The van der Waals surface area contributed by atoms with Crippen LogP contribution in [0.25, 0.3) is 10.8 Å². The van der Waals surface area contributed by atoms with Crippen molar-refractivity contribution in [2.24, 2.45) is 0 Å². The summed E-state index contributed by atoms with van der Waals surface area (Å²) in [6.07, 6.45) is 7.58. The fraction of sp³-hybridized carbons (Fsp3) is 0.100. The molecular formula is C20H24O2Si2. The first-order valence-electron chi connectivity index (χ1n) is 7.99. The molecule has 0 heterocycles. The van der Waals surface area contributed by atoms with E-state index in [1.165, 1.54) is 5.39 Å². The van der Waals surface area contributed by atoms with Crippen molar-refractivity contribution in [1.82, 2.24) is 0 Å². The highest BCUT2D eigenvalue weighted by Crippen LogP contribution is 2.26. The SMILES string of the molecule is C=CC(C=C)[SiH2]Oc1ccc2ccc(O[SiH2]C(C=C)C=C)cc2c1. The van der Waals surface area contributed by atoms with Crippen LogP contribution < -0.4 is 8.85 Å². The van der Waals surface area contributed by atoms with Gasteiger partial charge in [-0.1, -0.05) is 36.4 Å². The molecule has 0 aliphatic carbocycles. The quantitative estimate of drug-likeness (QED) is 0.474. The Morgan fingerprint density at radius 3 is 1.46 bits per heavy atom. The molecular weight excluding hydrogens is 328 g/mol. The molecule has 124 valence electrons. The Morgan fingerprint density at radius 1 is 0.667 bits per heavy atom. The van der Waals surface area contributed by atoms with Crippen LogP contribution in [0.4, 0.5) is 0 Å². The summed E-state index contributed by atoms with van der Waals surface area (Å²) in [4.78, 5) is 0. The van der Waals surface area contributed by atoms with Gasteiger partial charge in [-0.15, -0.1) is 26.3 Å². The third-order valence-electron chi connectivity index (χ3n) is 3.88. The molecule has 0 amide bonds. The molecule has 0 aliphatic rings. The molecule has 0 N–H and O–H groups in total. The van der Waals surface area contributed by atoms with Gasteiger partial charge in [0.2, 0.25) is 19.5 Å². The van der Waals surface area contributed by atoms with Crippen molar-refractivity contribution < 1.29 is 8.85 Å².